The summed E-state index contributed by atoms with van der Waals surface area (Å²) >= 11 is 0. The minimum atomic E-state index is -0.511. The maximum atomic E-state index is 12.9. The van der Waals surface area contributed by atoms with Crippen LogP contribution in [0, 0.1) is 0 Å². The molecule has 10 nitrogen and oxygen atoms in total. The van der Waals surface area contributed by atoms with Crippen molar-refractivity contribution in [2.75, 3.05) is 28.4 Å². The second-order valence-electron chi connectivity index (χ2n) is 7.92. The molecule has 0 aliphatic heterocycles. The lowest BCUT2D eigenvalue weighted by molar-refractivity contribution is 0.401. The van der Waals surface area contributed by atoms with Gasteiger partial charge in [0.15, 0.2) is 0 Å². The van der Waals surface area contributed by atoms with Gasteiger partial charge in [-0.05, 0) is 12.1 Å². The number of hydrogen-bond acceptors (Lipinski definition) is 8. The first-order valence-electron chi connectivity index (χ1n) is 10.2. The normalized spacial score (nSPS) is 11.7. The van der Waals surface area contributed by atoms with Gasteiger partial charge < -0.3 is 18.9 Å². The van der Waals surface area contributed by atoms with Crippen molar-refractivity contribution in [3.63, 3.8) is 0 Å². The van der Waals surface area contributed by atoms with Crippen molar-refractivity contribution in [1.82, 2.24) is 9.13 Å². The summed E-state index contributed by atoms with van der Waals surface area (Å²) in [5.41, 5.74) is -1.98. The molecule has 5 rings (SSSR count). The molecule has 174 valence electrons. The van der Waals surface area contributed by atoms with E-state index in [0.29, 0.717) is 27.3 Å². The van der Waals surface area contributed by atoms with Gasteiger partial charge in [0.1, 0.15) is 23.0 Å². The van der Waals surface area contributed by atoms with Crippen LogP contribution in [-0.2, 0) is 14.1 Å². The molecule has 0 unspecified atom stereocenters. The van der Waals surface area contributed by atoms with E-state index in [-0.39, 0.29) is 38.8 Å². The van der Waals surface area contributed by atoms with Gasteiger partial charge in [-0.25, -0.2) is 0 Å². The Bertz CT molecular complexity index is 1770. The van der Waals surface area contributed by atoms with Gasteiger partial charge >= 0.3 is 0 Å². The highest BCUT2D eigenvalue weighted by Crippen LogP contribution is 2.51. The number of aromatic nitrogens is 2. The minimum absolute atomic E-state index is 0.105. The van der Waals surface area contributed by atoms with Crippen molar-refractivity contribution >= 4 is 43.1 Å². The lowest BCUT2D eigenvalue weighted by Crippen LogP contribution is -2.21. The Balaban J connectivity index is 2.24. The molecule has 3 aromatic carbocycles. The number of nitrogens with zero attached hydrogens (tertiary/aromatic N) is 2. The van der Waals surface area contributed by atoms with Crippen LogP contribution in [0.15, 0.2) is 31.3 Å². The zero-order chi connectivity index (χ0) is 24.6. The number of ether oxygens (including phenoxy) is 4. The van der Waals surface area contributed by atoms with E-state index in [2.05, 4.69) is 0 Å². The quantitative estimate of drug-likeness (QED) is 0.366. The molecule has 0 spiro atoms. The van der Waals surface area contributed by atoms with E-state index in [9.17, 15) is 19.2 Å². The van der Waals surface area contributed by atoms with E-state index in [1.54, 1.807) is 12.1 Å². The van der Waals surface area contributed by atoms with Crippen LogP contribution in [0.2, 0.25) is 0 Å². The molecule has 0 fully saturated rings. The van der Waals surface area contributed by atoms with Gasteiger partial charge in [0.25, 0.3) is 22.2 Å². The van der Waals surface area contributed by atoms with Gasteiger partial charge in [0.05, 0.1) is 60.8 Å². The van der Waals surface area contributed by atoms with Gasteiger partial charge in [0.2, 0.25) is 0 Å². The minimum Gasteiger partial charge on any atom is -0.495 e. The molecule has 0 N–H and O–H groups in total. The fraction of sp³-hybridized carbons (Fsp3) is 0.250. The van der Waals surface area contributed by atoms with Gasteiger partial charge in [-0.3, -0.25) is 28.3 Å². The van der Waals surface area contributed by atoms with E-state index in [1.807, 2.05) is 0 Å². The molecule has 0 saturated carbocycles. The first kappa shape index (κ1) is 21.5. The summed E-state index contributed by atoms with van der Waals surface area (Å²) in [5, 5.41) is 2.14. The lowest BCUT2D eigenvalue weighted by atomic mass is 9.95. The molecular formula is C24H20N2O8. The number of rotatable bonds is 4. The van der Waals surface area contributed by atoms with Crippen LogP contribution in [0.3, 0.4) is 0 Å². The summed E-state index contributed by atoms with van der Waals surface area (Å²) < 4.78 is 24.8. The summed E-state index contributed by atoms with van der Waals surface area (Å²) in [6.07, 6.45) is 0. The fourth-order valence-corrected chi connectivity index (χ4v) is 4.87. The van der Waals surface area contributed by atoms with Crippen molar-refractivity contribution in [2.24, 2.45) is 14.1 Å². The summed E-state index contributed by atoms with van der Waals surface area (Å²) in [5.74, 6) is 0.816. The molecule has 10 heteroatoms. The zero-order valence-electron chi connectivity index (χ0n) is 19.3. The van der Waals surface area contributed by atoms with Crippen molar-refractivity contribution in [2.45, 2.75) is 0 Å². The number of methoxy groups -OCH3 is 4. The number of benzene rings is 3. The molecular weight excluding hydrogens is 444 g/mol. The molecule has 2 aromatic heterocycles. The van der Waals surface area contributed by atoms with Crippen LogP contribution >= 0.6 is 0 Å². The average molecular weight is 464 g/mol. The molecule has 5 aromatic rings. The first-order chi connectivity index (χ1) is 16.2. The second kappa shape index (κ2) is 7.08. The summed E-state index contributed by atoms with van der Waals surface area (Å²) in [4.78, 5) is 51.3. The zero-order valence-corrected chi connectivity index (χ0v) is 19.3. The SMILES string of the molecule is COc1c2cc3c(=O)n(C)c(=O)c3c(OC)c2c(OC)c2c(OC)c3c(=O)n(C)c(=O)c3cc12. The second-order valence-corrected chi connectivity index (χ2v) is 7.92. The third kappa shape index (κ3) is 2.34. The Hall–Kier alpha value is -4.34. The molecule has 0 atom stereocenters. The van der Waals surface area contributed by atoms with Crippen LogP contribution in [-0.4, -0.2) is 37.6 Å². The van der Waals surface area contributed by atoms with Gasteiger partial charge in [0, 0.05) is 24.9 Å². The first-order valence-corrected chi connectivity index (χ1v) is 10.2. The van der Waals surface area contributed by atoms with Crippen molar-refractivity contribution in [3.8, 4) is 23.0 Å². The maximum absolute atomic E-state index is 12.9. The van der Waals surface area contributed by atoms with Gasteiger partial charge in [-0.2, -0.15) is 0 Å². The van der Waals surface area contributed by atoms with Gasteiger partial charge in [-0.1, -0.05) is 0 Å². The Labute approximate surface area is 190 Å². The number of fused-ring (bicyclic) bond motifs is 4. The van der Waals surface area contributed by atoms with Crippen LogP contribution < -0.4 is 41.2 Å². The Morgan fingerprint density at radius 3 is 1.12 bits per heavy atom. The van der Waals surface area contributed by atoms with E-state index < -0.39 is 22.2 Å². The predicted octanol–water partition coefficient (Wildman–Crippen LogP) is 1.33. The summed E-state index contributed by atoms with van der Waals surface area (Å²) in [6.45, 7) is 0. The molecule has 0 radical (unpaired) electrons. The highest BCUT2D eigenvalue weighted by Gasteiger charge is 2.29. The Kier molecular flexibility index (Phi) is 4.48. The standard InChI is InChI=1S/C24H20N2O8/c1-25-21(27)11-7-9-13(19(33-5)15(11)23(25)29)18(32-4)14-10(17(9)31-3)8-12-16(20(14)34-6)24(30)26(2)22(12)28/h7-8H,1-6H3. The third-order valence-electron chi connectivity index (χ3n) is 6.43. The molecule has 0 amide bonds. The molecule has 0 saturated heterocycles. The van der Waals surface area contributed by atoms with Gasteiger partial charge in [-0.15, -0.1) is 0 Å². The average Bonchev–Trinajstić information content (AvgIpc) is 3.19. The predicted molar refractivity (Wildman–Crippen MR) is 128 cm³/mol. The van der Waals surface area contributed by atoms with Crippen LogP contribution in [0.1, 0.15) is 0 Å². The van der Waals surface area contributed by atoms with E-state index in [1.165, 1.54) is 42.5 Å². The Morgan fingerprint density at radius 1 is 0.471 bits per heavy atom. The topological polar surface area (TPSA) is 115 Å². The monoisotopic (exact) mass is 464 g/mol. The van der Waals surface area contributed by atoms with E-state index in [4.69, 9.17) is 18.9 Å². The van der Waals surface area contributed by atoms with Crippen LogP contribution in [0.25, 0.3) is 43.1 Å². The maximum Gasteiger partial charge on any atom is 0.265 e. The molecule has 0 aliphatic carbocycles. The number of hydrogen-bond donors (Lipinski definition) is 0. The van der Waals surface area contributed by atoms with E-state index >= 15 is 0 Å². The summed E-state index contributed by atoms with van der Waals surface area (Å²) in [6, 6.07) is 3.10. The highest BCUT2D eigenvalue weighted by atomic mass is 16.5. The van der Waals surface area contributed by atoms with Crippen LogP contribution in [0.4, 0.5) is 0 Å². The molecule has 34 heavy (non-hydrogen) atoms. The van der Waals surface area contributed by atoms with Crippen molar-refractivity contribution in [3.05, 3.63) is 53.5 Å². The molecule has 0 aliphatic rings. The lowest BCUT2D eigenvalue weighted by Gasteiger charge is -2.19. The molecule has 0 bridgehead atoms. The van der Waals surface area contributed by atoms with E-state index in [0.717, 1.165) is 9.13 Å². The summed E-state index contributed by atoms with van der Waals surface area (Å²) in [7, 11) is 8.43. The molecule has 2 heterocycles. The van der Waals surface area contributed by atoms with Crippen molar-refractivity contribution < 1.29 is 18.9 Å². The highest BCUT2D eigenvalue weighted by molar-refractivity contribution is 6.22. The Morgan fingerprint density at radius 2 is 0.794 bits per heavy atom. The fourth-order valence-electron chi connectivity index (χ4n) is 4.87. The largest absolute Gasteiger partial charge is 0.495 e. The van der Waals surface area contributed by atoms with Crippen molar-refractivity contribution in [1.29, 1.82) is 0 Å². The smallest absolute Gasteiger partial charge is 0.265 e. The van der Waals surface area contributed by atoms with Crippen LogP contribution in [0.5, 0.6) is 23.0 Å². The third-order valence-corrected chi connectivity index (χ3v) is 6.43.